The third-order valence-corrected chi connectivity index (χ3v) is 9.49. The highest BCUT2D eigenvalue weighted by molar-refractivity contribution is 7.13. The predicted octanol–water partition coefficient (Wildman–Crippen LogP) is 6.19. The zero-order valence-corrected chi connectivity index (χ0v) is 25.5. The lowest BCUT2D eigenvalue weighted by Gasteiger charge is -2.25. The standard InChI is InChI=1S/C34H34N4O5S/c1-19-15-20(18-35)5-7-26(19)37-31(39)24-16-25-28(43-13-9-21-10-14-44-30(21)25)17-23(24)22-6-8-27(36-29(22)33(41)42)32(40)38-34(2)11-3-4-12-34/h5-8,10,14-17H,3-4,9,11-13,18,35H2,1-2H3,(H,37,39)(H,38,40)(H,41,42). The Labute approximate surface area is 259 Å². The number of benzene rings is 2. The van der Waals surface area contributed by atoms with Crippen LogP contribution in [0.15, 0.2) is 53.9 Å². The summed E-state index contributed by atoms with van der Waals surface area (Å²) in [6, 6.07) is 14.2. The molecule has 2 aliphatic rings. The summed E-state index contributed by atoms with van der Waals surface area (Å²) in [6.45, 7) is 4.71. The van der Waals surface area contributed by atoms with Crippen molar-refractivity contribution >= 4 is 34.8 Å². The number of carboxylic acid groups (broad SMARTS) is 1. The summed E-state index contributed by atoms with van der Waals surface area (Å²) >= 11 is 1.57. The maximum atomic E-state index is 14.0. The van der Waals surface area contributed by atoms with Crippen molar-refractivity contribution in [1.82, 2.24) is 10.3 Å². The van der Waals surface area contributed by atoms with Gasteiger partial charge in [0.25, 0.3) is 11.8 Å². The highest BCUT2D eigenvalue weighted by Gasteiger charge is 2.32. The lowest BCUT2D eigenvalue weighted by Crippen LogP contribution is -2.44. The summed E-state index contributed by atoms with van der Waals surface area (Å²) < 4.78 is 6.13. The number of fused-ring (bicyclic) bond motifs is 3. The van der Waals surface area contributed by atoms with E-state index in [0.29, 0.717) is 36.6 Å². The van der Waals surface area contributed by atoms with Gasteiger partial charge in [-0.1, -0.05) is 25.0 Å². The van der Waals surface area contributed by atoms with E-state index in [9.17, 15) is 19.5 Å². The van der Waals surface area contributed by atoms with E-state index in [1.165, 1.54) is 6.07 Å². The van der Waals surface area contributed by atoms with Crippen LogP contribution in [0.4, 0.5) is 5.69 Å². The normalized spacial score (nSPS) is 15.0. The summed E-state index contributed by atoms with van der Waals surface area (Å²) in [6.07, 6.45) is 4.48. The van der Waals surface area contributed by atoms with E-state index in [4.69, 9.17) is 10.5 Å². The van der Waals surface area contributed by atoms with E-state index in [-0.39, 0.29) is 28.1 Å². The minimum atomic E-state index is -1.31. The molecular formula is C34H34N4O5S. The molecule has 0 unspecified atom stereocenters. The molecule has 0 atom stereocenters. The summed E-state index contributed by atoms with van der Waals surface area (Å²) in [5.41, 5.74) is 10.2. The van der Waals surface area contributed by atoms with E-state index in [0.717, 1.165) is 52.8 Å². The molecule has 0 spiro atoms. The van der Waals surface area contributed by atoms with Crippen molar-refractivity contribution < 1.29 is 24.2 Å². The monoisotopic (exact) mass is 610 g/mol. The van der Waals surface area contributed by atoms with E-state index in [2.05, 4.69) is 21.7 Å². The van der Waals surface area contributed by atoms with E-state index in [1.54, 1.807) is 29.5 Å². The molecule has 1 saturated carbocycles. The molecule has 1 fully saturated rings. The molecule has 44 heavy (non-hydrogen) atoms. The smallest absolute Gasteiger partial charge is 0.355 e. The summed E-state index contributed by atoms with van der Waals surface area (Å²) in [7, 11) is 0. The molecule has 4 aromatic rings. The number of aromatic carboxylic acids is 1. The first-order valence-electron chi connectivity index (χ1n) is 14.7. The lowest BCUT2D eigenvalue weighted by atomic mass is 9.93. The van der Waals surface area contributed by atoms with Crippen LogP contribution >= 0.6 is 11.3 Å². The predicted molar refractivity (Wildman–Crippen MR) is 171 cm³/mol. The third-order valence-electron chi connectivity index (χ3n) is 8.50. The zero-order chi connectivity index (χ0) is 31.0. The van der Waals surface area contributed by atoms with Crippen molar-refractivity contribution in [2.24, 2.45) is 5.73 Å². The Kier molecular flexibility index (Phi) is 7.96. The van der Waals surface area contributed by atoms with Gasteiger partial charge in [-0.25, -0.2) is 9.78 Å². The number of carbonyl (C=O) groups excluding carboxylic acids is 2. The number of aromatic nitrogens is 1. The highest BCUT2D eigenvalue weighted by Crippen LogP contribution is 2.43. The van der Waals surface area contributed by atoms with Crippen LogP contribution in [-0.2, 0) is 13.0 Å². The van der Waals surface area contributed by atoms with Crippen molar-refractivity contribution in [2.75, 3.05) is 11.9 Å². The molecule has 9 nitrogen and oxygen atoms in total. The Bertz CT molecular complexity index is 1790. The number of aryl methyl sites for hydroxylation is 1. The van der Waals surface area contributed by atoms with Gasteiger partial charge in [0.15, 0.2) is 5.69 Å². The first-order valence-corrected chi connectivity index (χ1v) is 15.6. The van der Waals surface area contributed by atoms with Crippen LogP contribution in [0, 0.1) is 6.92 Å². The average Bonchev–Trinajstić information content (AvgIpc) is 3.62. The molecule has 226 valence electrons. The summed E-state index contributed by atoms with van der Waals surface area (Å²) in [5, 5.41) is 18.3. The average molecular weight is 611 g/mol. The molecule has 2 amide bonds. The fraction of sp³-hybridized carbons (Fsp3) is 0.294. The maximum absolute atomic E-state index is 14.0. The number of amides is 2. The number of nitrogens with zero attached hydrogens (tertiary/aromatic N) is 1. The molecule has 0 bridgehead atoms. The molecule has 1 aliphatic carbocycles. The number of pyridine rings is 1. The van der Waals surface area contributed by atoms with Gasteiger partial charge in [0.05, 0.1) is 6.61 Å². The Morgan fingerprint density at radius 2 is 1.82 bits per heavy atom. The van der Waals surface area contributed by atoms with Crippen LogP contribution in [0.1, 0.15) is 80.6 Å². The SMILES string of the molecule is Cc1cc(CN)ccc1NC(=O)c1cc2c(cc1-c1ccc(C(=O)NC3(C)CCCC3)nc1C(=O)O)OCCc1ccsc1-2. The molecule has 5 N–H and O–H groups in total. The second kappa shape index (κ2) is 11.9. The van der Waals surface area contributed by atoms with Gasteiger partial charge in [-0.15, -0.1) is 11.3 Å². The highest BCUT2D eigenvalue weighted by atomic mass is 32.1. The van der Waals surface area contributed by atoms with Crippen LogP contribution in [0.25, 0.3) is 21.6 Å². The molecule has 1 aliphatic heterocycles. The number of ether oxygens (including phenoxy) is 1. The molecule has 3 heterocycles. The Hall–Kier alpha value is -4.54. The van der Waals surface area contributed by atoms with Crippen LogP contribution in [0.3, 0.4) is 0 Å². The fourth-order valence-corrected chi connectivity index (χ4v) is 7.07. The molecule has 10 heteroatoms. The van der Waals surface area contributed by atoms with Crippen molar-refractivity contribution in [3.63, 3.8) is 0 Å². The number of anilines is 1. The fourth-order valence-electron chi connectivity index (χ4n) is 6.09. The van der Waals surface area contributed by atoms with Gasteiger partial charge in [-0.2, -0.15) is 0 Å². The van der Waals surface area contributed by atoms with Gasteiger partial charge in [0, 0.05) is 51.3 Å². The minimum Gasteiger partial charge on any atom is -0.493 e. The number of hydrogen-bond acceptors (Lipinski definition) is 7. The van der Waals surface area contributed by atoms with Gasteiger partial charge in [0.2, 0.25) is 0 Å². The maximum Gasteiger partial charge on any atom is 0.355 e. The second-order valence-electron chi connectivity index (χ2n) is 11.7. The summed E-state index contributed by atoms with van der Waals surface area (Å²) in [4.78, 5) is 45.1. The molecule has 6 rings (SSSR count). The molecular weight excluding hydrogens is 576 g/mol. The number of rotatable bonds is 7. The van der Waals surface area contributed by atoms with Crippen LogP contribution in [0.5, 0.6) is 5.75 Å². The molecule has 2 aromatic heterocycles. The number of hydrogen-bond donors (Lipinski definition) is 4. The van der Waals surface area contributed by atoms with Gasteiger partial charge in [-0.3, -0.25) is 9.59 Å². The van der Waals surface area contributed by atoms with Gasteiger partial charge in [-0.05, 0) is 85.2 Å². The summed E-state index contributed by atoms with van der Waals surface area (Å²) in [5.74, 6) is -1.60. The Balaban J connectivity index is 1.46. The third kappa shape index (κ3) is 5.70. The van der Waals surface area contributed by atoms with E-state index < -0.39 is 17.8 Å². The number of carboxylic acids is 1. The van der Waals surface area contributed by atoms with Crippen molar-refractivity contribution in [2.45, 2.75) is 58.0 Å². The number of nitrogens with one attached hydrogen (secondary N) is 2. The van der Waals surface area contributed by atoms with Crippen molar-refractivity contribution in [3.8, 4) is 27.3 Å². The molecule has 0 saturated heterocycles. The molecule has 0 radical (unpaired) electrons. The van der Waals surface area contributed by atoms with Crippen LogP contribution < -0.4 is 21.1 Å². The van der Waals surface area contributed by atoms with Crippen molar-refractivity contribution in [3.05, 3.63) is 87.6 Å². The Morgan fingerprint density at radius 1 is 1.02 bits per heavy atom. The molecule has 2 aromatic carbocycles. The number of carbonyl (C=O) groups is 3. The topological polar surface area (TPSA) is 144 Å². The van der Waals surface area contributed by atoms with Crippen LogP contribution in [-0.4, -0.2) is 40.0 Å². The minimum absolute atomic E-state index is 0.00938. The van der Waals surface area contributed by atoms with E-state index in [1.807, 2.05) is 37.4 Å². The van der Waals surface area contributed by atoms with Gasteiger partial charge in [0.1, 0.15) is 11.4 Å². The van der Waals surface area contributed by atoms with Crippen molar-refractivity contribution in [1.29, 1.82) is 0 Å². The van der Waals surface area contributed by atoms with Gasteiger partial charge >= 0.3 is 5.97 Å². The van der Waals surface area contributed by atoms with Crippen LogP contribution in [0.2, 0.25) is 0 Å². The first kappa shape index (κ1) is 29.5. The van der Waals surface area contributed by atoms with Gasteiger partial charge < -0.3 is 26.2 Å². The lowest BCUT2D eigenvalue weighted by molar-refractivity contribution is 0.0691. The number of nitrogens with two attached hydrogens (primary N) is 1. The first-order chi connectivity index (χ1) is 21.2. The van der Waals surface area contributed by atoms with E-state index >= 15 is 0 Å². The zero-order valence-electron chi connectivity index (χ0n) is 24.7. The second-order valence-corrected chi connectivity index (χ2v) is 12.6. The quantitative estimate of drug-likeness (QED) is 0.195. The Morgan fingerprint density at radius 3 is 2.55 bits per heavy atom. The number of thiophene rings is 1. The largest absolute Gasteiger partial charge is 0.493 e.